The average molecular weight is 264 g/mol. The highest BCUT2D eigenvalue weighted by Crippen LogP contribution is 2.47. The summed E-state index contributed by atoms with van der Waals surface area (Å²) in [5, 5.41) is 23.2. The second-order valence-electron chi connectivity index (χ2n) is 5.40. The van der Waals surface area contributed by atoms with Crippen LogP contribution >= 0.6 is 0 Å². The number of benzene rings is 1. The molecule has 1 aromatic carbocycles. The van der Waals surface area contributed by atoms with Gasteiger partial charge in [0.25, 0.3) is 5.69 Å². The van der Waals surface area contributed by atoms with Gasteiger partial charge >= 0.3 is 0 Å². The van der Waals surface area contributed by atoms with E-state index in [2.05, 4.69) is 5.32 Å². The maximum absolute atomic E-state index is 10.9. The Labute approximate surface area is 112 Å². The third-order valence-electron chi connectivity index (χ3n) is 4.03. The van der Waals surface area contributed by atoms with Crippen molar-refractivity contribution >= 4 is 5.69 Å². The van der Waals surface area contributed by atoms with Crippen molar-refractivity contribution in [3.8, 4) is 0 Å². The summed E-state index contributed by atoms with van der Waals surface area (Å²) in [6.45, 7) is 3.53. The largest absolute Gasteiger partial charge is 0.396 e. The molecule has 1 aliphatic rings. The van der Waals surface area contributed by atoms with Crippen LogP contribution in [0.2, 0.25) is 0 Å². The number of aliphatic hydroxyl groups is 1. The van der Waals surface area contributed by atoms with Crippen LogP contribution in [0.25, 0.3) is 0 Å². The number of nitro groups is 1. The van der Waals surface area contributed by atoms with Gasteiger partial charge in [-0.15, -0.1) is 0 Å². The zero-order valence-corrected chi connectivity index (χ0v) is 11.2. The predicted molar refractivity (Wildman–Crippen MR) is 72.9 cm³/mol. The van der Waals surface area contributed by atoms with Gasteiger partial charge in [0.05, 0.1) is 4.92 Å². The van der Waals surface area contributed by atoms with Crippen molar-refractivity contribution in [2.75, 3.05) is 13.2 Å². The second kappa shape index (κ2) is 5.67. The van der Waals surface area contributed by atoms with Crippen LogP contribution in [0.3, 0.4) is 0 Å². The molecule has 19 heavy (non-hydrogen) atoms. The van der Waals surface area contributed by atoms with E-state index < -0.39 is 0 Å². The summed E-state index contributed by atoms with van der Waals surface area (Å²) in [6.07, 6.45) is 3.16. The molecule has 104 valence electrons. The summed E-state index contributed by atoms with van der Waals surface area (Å²) in [7, 11) is 0. The maximum atomic E-state index is 10.9. The van der Waals surface area contributed by atoms with E-state index >= 15 is 0 Å². The Hall–Kier alpha value is -1.46. The Kier molecular flexibility index (Phi) is 4.17. The van der Waals surface area contributed by atoms with Crippen molar-refractivity contribution in [1.82, 2.24) is 5.32 Å². The number of hydrogen-bond donors (Lipinski definition) is 2. The molecule has 1 aliphatic carbocycles. The van der Waals surface area contributed by atoms with Gasteiger partial charge in [-0.1, -0.05) is 12.1 Å². The normalized spacial score (nSPS) is 16.3. The number of nitrogens with zero attached hydrogens (tertiary/aromatic N) is 1. The SMILES string of the molecule is Cc1c(CNCC2(CCO)CC2)cccc1[N+](=O)[O-]. The Morgan fingerprint density at radius 3 is 2.79 bits per heavy atom. The lowest BCUT2D eigenvalue weighted by Crippen LogP contribution is -2.24. The van der Waals surface area contributed by atoms with Crippen LogP contribution in [-0.4, -0.2) is 23.2 Å². The first-order valence-corrected chi connectivity index (χ1v) is 6.62. The lowest BCUT2D eigenvalue weighted by molar-refractivity contribution is -0.385. The van der Waals surface area contributed by atoms with E-state index in [1.807, 2.05) is 6.07 Å². The van der Waals surface area contributed by atoms with E-state index in [4.69, 9.17) is 5.11 Å². The first-order valence-electron chi connectivity index (χ1n) is 6.62. The molecule has 5 nitrogen and oxygen atoms in total. The quantitative estimate of drug-likeness (QED) is 0.584. The topological polar surface area (TPSA) is 75.4 Å². The highest BCUT2D eigenvalue weighted by Gasteiger charge is 2.41. The average Bonchev–Trinajstić information content (AvgIpc) is 3.11. The van der Waals surface area contributed by atoms with Crippen molar-refractivity contribution in [2.45, 2.75) is 32.7 Å². The number of hydrogen-bond acceptors (Lipinski definition) is 4. The van der Waals surface area contributed by atoms with Crippen molar-refractivity contribution in [2.24, 2.45) is 5.41 Å². The number of aliphatic hydroxyl groups excluding tert-OH is 1. The van der Waals surface area contributed by atoms with Gasteiger partial charge in [0.2, 0.25) is 0 Å². The molecule has 0 spiro atoms. The molecule has 2 N–H and O–H groups in total. The molecule has 0 radical (unpaired) electrons. The van der Waals surface area contributed by atoms with Gasteiger partial charge < -0.3 is 10.4 Å². The van der Waals surface area contributed by atoms with Crippen LogP contribution in [0.15, 0.2) is 18.2 Å². The first kappa shape index (κ1) is 14.0. The van der Waals surface area contributed by atoms with E-state index in [0.29, 0.717) is 6.54 Å². The van der Waals surface area contributed by atoms with Gasteiger partial charge in [0, 0.05) is 31.3 Å². The fourth-order valence-corrected chi connectivity index (χ4v) is 2.45. The molecule has 0 amide bonds. The van der Waals surface area contributed by atoms with E-state index in [0.717, 1.165) is 36.9 Å². The third-order valence-corrected chi connectivity index (χ3v) is 4.03. The molecule has 0 aromatic heterocycles. The van der Waals surface area contributed by atoms with Crippen molar-refractivity contribution < 1.29 is 10.0 Å². The minimum atomic E-state index is -0.340. The summed E-state index contributed by atoms with van der Waals surface area (Å²) in [4.78, 5) is 10.5. The van der Waals surface area contributed by atoms with E-state index in [1.165, 1.54) is 6.07 Å². The fourth-order valence-electron chi connectivity index (χ4n) is 2.45. The van der Waals surface area contributed by atoms with Gasteiger partial charge in [0.1, 0.15) is 0 Å². The zero-order valence-electron chi connectivity index (χ0n) is 11.2. The number of rotatable bonds is 7. The lowest BCUT2D eigenvalue weighted by Gasteiger charge is -2.15. The summed E-state index contributed by atoms with van der Waals surface area (Å²) >= 11 is 0. The molecule has 1 fully saturated rings. The molecule has 0 bridgehead atoms. The third kappa shape index (κ3) is 3.30. The van der Waals surface area contributed by atoms with E-state index in [-0.39, 0.29) is 22.6 Å². The smallest absolute Gasteiger partial charge is 0.272 e. The molecule has 0 unspecified atom stereocenters. The zero-order chi connectivity index (χ0) is 13.9. The minimum Gasteiger partial charge on any atom is -0.396 e. The van der Waals surface area contributed by atoms with Gasteiger partial charge in [-0.25, -0.2) is 0 Å². The molecule has 1 aromatic rings. The van der Waals surface area contributed by atoms with Crippen LogP contribution in [0.1, 0.15) is 30.4 Å². The molecule has 0 heterocycles. The van der Waals surface area contributed by atoms with E-state index in [9.17, 15) is 10.1 Å². The Balaban J connectivity index is 1.93. The standard InChI is InChI=1S/C14H20N2O3/c1-11-12(3-2-4-13(11)16(18)19)9-15-10-14(5-6-14)7-8-17/h2-4,15,17H,5-10H2,1H3. The fraction of sp³-hybridized carbons (Fsp3) is 0.571. The summed E-state index contributed by atoms with van der Waals surface area (Å²) < 4.78 is 0. The molecular weight excluding hydrogens is 244 g/mol. The molecule has 0 atom stereocenters. The first-order chi connectivity index (χ1) is 9.08. The van der Waals surface area contributed by atoms with Crippen molar-refractivity contribution in [1.29, 1.82) is 0 Å². The van der Waals surface area contributed by atoms with Crippen LogP contribution in [0, 0.1) is 22.5 Å². The Morgan fingerprint density at radius 1 is 1.47 bits per heavy atom. The molecule has 0 saturated heterocycles. The van der Waals surface area contributed by atoms with Crippen LogP contribution in [0.4, 0.5) is 5.69 Å². The molecule has 0 aliphatic heterocycles. The maximum Gasteiger partial charge on any atom is 0.272 e. The van der Waals surface area contributed by atoms with Crippen LogP contribution < -0.4 is 5.32 Å². The van der Waals surface area contributed by atoms with Gasteiger partial charge in [-0.2, -0.15) is 0 Å². The molecular formula is C14H20N2O3. The summed E-state index contributed by atoms with van der Waals surface area (Å²) in [5.74, 6) is 0. The highest BCUT2D eigenvalue weighted by atomic mass is 16.6. The van der Waals surface area contributed by atoms with Gasteiger partial charge in [0.15, 0.2) is 0 Å². The molecule has 2 rings (SSSR count). The number of nitro benzene ring substituents is 1. The highest BCUT2D eigenvalue weighted by molar-refractivity contribution is 5.44. The van der Waals surface area contributed by atoms with Crippen molar-refractivity contribution in [3.05, 3.63) is 39.4 Å². The summed E-state index contributed by atoms with van der Waals surface area (Å²) in [5.41, 5.74) is 2.14. The number of nitrogens with one attached hydrogen (secondary N) is 1. The van der Waals surface area contributed by atoms with Crippen LogP contribution in [-0.2, 0) is 6.54 Å². The van der Waals surface area contributed by atoms with Gasteiger partial charge in [-0.05, 0) is 37.2 Å². The lowest BCUT2D eigenvalue weighted by atomic mass is 10.0. The van der Waals surface area contributed by atoms with Gasteiger partial charge in [-0.3, -0.25) is 10.1 Å². The van der Waals surface area contributed by atoms with Crippen molar-refractivity contribution in [3.63, 3.8) is 0 Å². The van der Waals surface area contributed by atoms with E-state index in [1.54, 1.807) is 13.0 Å². The summed E-state index contributed by atoms with van der Waals surface area (Å²) in [6, 6.07) is 5.18. The Morgan fingerprint density at radius 2 is 2.21 bits per heavy atom. The molecule has 1 saturated carbocycles. The molecule has 5 heteroatoms. The minimum absolute atomic E-state index is 0.177. The Bertz CT molecular complexity index is 470. The monoisotopic (exact) mass is 264 g/mol. The van der Waals surface area contributed by atoms with Crippen LogP contribution in [0.5, 0.6) is 0 Å². The predicted octanol–water partition coefficient (Wildman–Crippen LogP) is 2.16. The second-order valence-corrected chi connectivity index (χ2v) is 5.40.